The van der Waals surface area contributed by atoms with E-state index >= 15 is 0 Å². The first-order valence-corrected chi connectivity index (χ1v) is 6.41. The molecule has 2 N–H and O–H groups in total. The number of benzene rings is 1. The standard InChI is InChI=1S/C12H12ClN3S/c13-10-7-9(3-4-14)1-2-11(10)17-12-8-15-5-6-16-12/h1-2,5-8H,3-4,14H2. The third-order valence-electron chi connectivity index (χ3n) is 2.18. The van der Waals surface area contributed by atoms with Crippen LogP contribution in [-0.2, 0) is 6.42 Å². The molecule has 5 heteroatoms. The molecule has 0 atom stereocenters. The van der Waals surface area contributed by atoms with Crippen LogP contribution in [0.3, 0.4) is 0 Å². The van der Waals surface area contributed by atoms with Gasteiger partial charge in [0.1, 0.15) is 5.03 Å². The number of aromatic nitrogens is 2. The van der Waals surface area contributed by atoms with E-state index in [1.807, 2.05) is 18.2 Å². The quantitative estimate of drug-likeness (QED) is 0.924. The van der Waals surface area contributed by atoms with Crippen LogP contribution in [0.5, 0.6) is 0 Å². The van der Waals surface area contributed by atoms with Gasteiger partial charge in [-0.1, -0.05) is 29.4 Å². The number of halogens is 1. The molecule has 2 aromatic rings. The number of nitrogens with zero attached hydrogens (tertiary/aromatic N) is 2. The molecule has 0 amide bonds. The molecular formula is C12H12ClN3S. The Kier molecular flexibility index (Phi) is 4.36. The molecular weight excluding hydrogens is 254 g/mol. The SMILES string of the molecule is NCCc1ccc(Sc2cnccn2)c(Cl)c1. The summed E-state index contributed by atoms with van der Waals surface area (Å²) in [5, 5.41) is 1.56. The largest absolute Gasteiger partial charge is 0.330 e. The highest BCUT2D eigenvalue weighted by Crippen LogP contribution is 2.32. The Hall–Kier alpha value is -1.10. The number of hydrogen-bond acceptors (Lipinski definition) is 4. The highest BCUT2D eigenvalue weighted by atomic mass is 35.5. The van der Waals surface area contributed by atoms with E-state index in [1.54, 1.807) is 18.6 Å². The highest BCUT2D eigenvalue weighted by Gasteiger charge is 2.04. The van der Waals surface area contributed by atoms with Gasteiger partial charge in [-0.3, -0.25) is 4.98 Å². The predicted molar refractivity (Wildman–Crippen MR) is 70.4 cm³/mol. The van der Waals surface area contributed by atoms with E-state index in [2.05, 4.69) is 9.97 Å². The van der Waals surface area contributed by atoms with Gasteiger partial charge in [0.05, 0.1) is 11.2 Å². The summed E-state index contributed by atoms with van der Waals surface area (Å²) in [4.78, 5) is 9.19. The Morgan fingerprint density at radius 1 is 1.29 bits per heavy atom. The van der Waals surface area contributed by atoms with Crippen LogP contribution in [0.25, 0.3) is 0 Å². The number of nitrogens with two attached hydrogens (primary N) is 1. The Balaban J connectivity index is 2.17. The zero-order valence-corrected chi connectivity index (χ0v) is 10.7. The third-order valence-corrected chi connectivity index (χ3v) is 3.60. The summed E-state index contributed by atoms with van der Waals surface area (Å²) < 4.78 is 0. The fraction of sp³-hybridized carbons (Fsp3) is 0.167. The molecule has 88 valence electrons. The third kappa shape index (κ3) is 3.43. The molecule has 1 aromatic carbocycles. The van der Waals surface area contributed by atoms with Gasteiger partial charge in [-0.25, -0.2) is 4.98 Å². The molecule has 0 bridgehead atoms. The van der Waals surface area contributed by atoms with Crippen LogP contribution in [0.2, 0.25) is 5.02 Å². The Labute approximate surface area is 109 Å². The van der Waals surface area contributed by atoms with Crippen molar-refractivity contribution in [3.8, 4) is 0 Å². The van der Waals surface area contributed by atoms with Crippen LogP contribution in [0.15, 0.2) is 46.7 Å². The maximum atomic E-state index is 6.21. The van der Waals surface area contributed by atoms with Crippen LogP contribution in [0.1, 0.15) is 5.56 Å². The molecule has 0 saturated carbocycles. The lowest BCUT2D eigenvalue weighted by Gasteiger charge is -2.05. The second-order valence-corrected chi connectivity index (χ2v) is 4.92. The molecule has 1 aromatic heterocycles. The first kappa shape index (κ1) is 12.4. The van der Waals surface area contributed by atoms with Gasteiger partial charge >= 0.3 is 0 Å². The number of hydrogen-bond donors (Lipinski definition) is 1. The molecule has 2 rings (SSSR count). The molecule has 0 saturated heterocycles. The van der Waals surface area contributed by atoms with E-state index in [0.717, 1.165) is 26.9 Å². The molecule has 0 unspecified atom stereocenters. The zero-order chi connectivity index (χ0) is 12.1. The Bertz CT molecular complexity index is 490. The topological polar surface area (TPSA) is 51.8 Å². The van der Waals surface area contributed by atoms with Gasteiger partial charge in [-0.15, -0.1) is 0 Å². The van der Waals surface area contributed by atoms with Gasteiger partial charge in [0.25, 0.3) is 0 Å². The van der Waals surface area contributed by atoms with Crippen LogP contribution >= 0.6 is 23.4 Å². The van der Waals surface area contributed by atoms with E-state index in [9.17, 15) is 0 Å². The average molecular weight is 266 g/mol. The molecule has 0 aliphatic carbocycles. The first-order valence-electron chi connectivity index (χ1n) is 5.22. The first-order chi connectivity index (χ1) is 8.29. The lowest BCUT2D eigenvalue weighted by atomic mass is 10.1. The van der Waals surface area contributed by atoms with Crippen molar-refractivity contribution in [2.45, 2.75) is 16.3 Å². The normalized spacial score (nSPS) is 10.5. The summed E-state index contributed by atoms with van der Waals surface area (Å²) >= 11 is 7.71. The van der Waals surface area contributed by atoms with Crippen molar-refractivity contribution in [3.63, 3.8) is 0 Å². The Morgan fingerprint density at radius 2 is 2.18 bits per heavy atom. The molecule has 0 spiro atoms. The molecule has 3 nitrogen and oxygen atoms in total. The van der Waals surface area contributed by atoms with Crippen LogP contribution < -0.4 is 5.73 Å². The molecule has 0 radical (unpaired) electrons. The maximum absolute atomic E-state index is 6.21. The minimum atomic E-state index is 0.632. The average Bonchev–Trinajstić information content (AvgIpc) is 2.34. The fourth-order valence-corrected chi connectivity index (χ4v) is 2.46. The number of rotatable bonds is 4. The van der Waals surface area contributed by atoms with E-state index < -0.39 is 0 Å². The second kappa shape index (κ2) is 6.00. The van der Waals surface area contributed by atoms with Gasteiger partial charge in [-0.05, 0) is 30.7 Å². The lowest BCUT2D eigenvalue weighted by Crippen LogP contribution is -2.02. The van der Waals surface area contributed by atoms with Crippen molar-refractivity contribution >= 4 is 23.4 Å². The summed E-state index contributed by atoms with van der Waals surface area (Å²) in [6.45, 7) is 0.632. The minimum absolute atomic E-state index is 0.632. The molecule has 0 fully saturated rings. The zero-order valence-electron chi connectivity index (χ0n) is 9.14. The maximum Gasteiger partial charge on any atom is 0.119 e. The van der Waals surface area contributed by atoms with Crippen molar-refractivity contribution in [2.24, 2.45) is 5.73 Å². The summed E-state index contributed by atoms with van der Waals surface area (Å²) in [6.07, 6.45) is 5.87. The molecule has 0 aliphatic heterocycles. The smallest absolute Gasteiger partial charge is 0.119 e. The van der Waals surface area contributed by atoms with Crippen molar-refractivity contribution < 1.29 is 0 Å². The van der Waals surface area contributed by atoms with Gasteiger partial charge in [-0.2, -0.15) is 0 Å². The second-order valence-electron chi connectivity index (χ2n) is 3.45. The summed E-state index contributed by atoms with van der Waals surface area (Å²) in [5.41, 5.74) is 6.66. The van der Waals surface area contributed by atoms with Crippen molar-refractivity contribution in [1.82, 2.24) is 9.97 Å². The molecule has 17 heavy (non-hydrogen) atoms. The van der Waals surface area contributed by atoms with Crippen molar-refractivity contribution in [2.75, 3.05) is 6.54 Å². The highest BCUT2D eigenvalue weighted by molar-refractivity contribution is 7.99. The van der Waals surface area contributed by atoms with Crippen molar-refractivity contribution in [3.05, 3.63) is 47.4 Å². The van der Waals surface area contributed by atoms with Crippen LogP contribution in [-0.4, -0.2) is 16.5 Å². The van der Waals surface area contributed by atoms with Gasteiger partial charge in [0.15, 0.2) is 0 Å². The minimum Gasteiger partial charge on any atom is -0.330 e. The monoisotopic (exact) mass is 265 g/mol. The van der Waals surface area contributed by atoms with Crippen LogP contribution in [0.4, 0.5) is 0 Å². The van der Waals surface area contributed by atoms with E-state index in [0.29, 0.717) is 6.54 Å². The van der Waals surface area contributed by atoms with Crippen LogP contribution in [0, 0.1) is 0 Å². The summed E-state index contributed by atoms with van der Waals surface area (Å²) in [5.74, 6) is 0. The van der Waals surface area contributed by atoms with Gasteiger partial charge < -0.3 is 5.73 Å². The predicted octanol–water partition coefficient (Wildman–Crippen LogP) is 2.78. The molecule has 1 heterocycles. The van der Waals surface area contributed by atoms with Gasteiger partial charge in [0, 0.05) is 17.3 Å². The van der Waals surface area contributed by atoms with E-state index in [4.69, 9.17) is 17.3 Å². The fourth-order valence-electron chi connectivity index (χ4n) is 1.40. The van der Waals surface area contributed by atoms with E-state index in [1.165, 1.54) is 11.8 Å². The van der Waals surface area contributed by atoms with Crippen molar-refractivity contribution in [1.29, 1.82) is 0 Å². The molecule has 0 aliphatic rings. The van der Waals surface area contributed by atoms with E-state index in [-0.39, 0.29) is 0 Å². The summed E-state index contributed by atoms with van der Waals surface area (Å²) in [7, 11) is 0. The summed E-state index contributed by atoms with van der Waals surface area (Å²) in [6, 6.07) is 5.98. The lowest BCUT2D eigenvalue weighted by molar-refractivity contribution is 0.966. The Morgan fingerprint density at radius 3 is 2.82 bits per heavy atom. The van der Waals surface area contributed by atoms with Gasteiger partial charge in [0.2, 0.25) is 0 Å².